The van der Waals surface area contributed by atoms with Gasteiger partial charge in [-0.15, -0.1) is 0 Å². The average Bonchev–Trinajstić information content (AvgIpc) is 3.19. The number of nitrogens with one attached hydrogen (secondary N) is 1. The molecule has 2 aliphatic rings. The van der Waals surface area contributed by atoms with Gasteiger partial charge in [0.1, 0.15) is 5.82 Å². The van der Waals surface area contributed by atoms with Crippen LogP contribution in [-0.4, -0.2) is 25.0 Å². The Morgan fingerprint density at radius 1 is 1.00 bits per heavy atom. The third kappa shape index (κ3) is 5.46. The first-order valence-electron chi connectivity index (χ1n) is 10.9. The molecule has 3 heteroatoms. The fraction of sp³-hybridized carbons (Fsp3) is 0.538. The van der Waals surface area contributed by atoms with Crippen molar-refractivity contribution in [3.8, 4) is 0 Å². The predicted molar refractivity (Wildman–Crippen MR) is 120 cm³/mol. The molecule has 2 nitrogen and oxygen atoms in total. The molecule has 0 unspecified atom stereocenters. The van der Waals surface area contributed by atoms with Gasteiger partial charge in [0.05, 0.1) is 0 Å². The van der Waals surface area contributed by atoms with Crippen LogP contribution >= 0.6 is 0 Å². The zero-order valence-electron chi connectivity index (χ0n) is 17.1. The summed E-state index contributed by atoms with van der Waals surface area (Å²) in [7, 11) is 2.22. The molecule has 1 N–H and O–H groups in total. The fourth-order valence-electron chi connectivity index (χ4n) is 5.05. The average molecular weight is 397 g/mol. The third-order valence-electron chi connectivity index (χ3n) is 6.84. The van der Waals surface area contributed by atoms with Crippen molar-refractivity contribution in [3.05, 3.63) is 71.0 Å². The largest absolute Gasteiger partial charge is 0.306 e. The van der Waals surface area contributed by atoms with Gasteiger partial charge in [0.15, 0.2) is 0 Å². The molecular formula is C26H37FN2. The van der Waals surface area contributed by atoms with E-state index < -0.39 is 0 Å². The maximum atomic E-state index is 13.4. The van der Waals surface area contributed by atoms with E-state index in [0.29, 0.717) is 0 Å². The standard InChI is InChI=1S/C25H33FN2.CH4/c1-28-15-11-20(12-16-28)17-21-5-4-6-22(18-21)19-27-25(13-2-3-14-25)23-7-9-24(26)10-8-23;/h4-10,18,20,27H,2-3,11-17,19H2,1H3;1H4. The molecule has 1 heterocycles. The van der Waals surface area contributed by atoms with Gasteiger partial charge in [0, 0.05) is 12.1 Å². The van der Waals surface area contributed by atoms with Crippen LogP contribution < -0.4 is 5.32 Å². The molecule has 0 bridgehead atoms. The third-order valence-corrected chi connectivity index (χ3v) is 6.84. The summed E-state index contributed by atoms with van der Waals surface area (Å²) in [5.41, 5.74) is 4.06. The van der Waals surface area contributed by atoms with E-state index in [1.165, 1.54) is 61.9 Å². The summed E-state index contributed by atoms with van der Waals surface area (Å²) in [6, 6.07) is 16.2. The van der Waals surface area contributed by atoms with Gasteiger partial charge in [-0.2, -0.15) is 0 Å². The minimum atomic E-state index is -0.154. The predicted octanol–water partition coefficient (Wildman–Crippen LogP) is 5.91. The molecule has 0 aromatic heterocycles. The van der Waals surface area contributed by atoms with Crippen molar-refractivity contribution in [1.82, 2.24) is 10.2 Å². The Labute approximate surface area is 176 Å². The molecule has 0 radical (unpaired) electrons. The van der Waals surface area contributed by atoms with Crippen LogP contribution in [0.3, 0.4) is 0 Å². The number of benzene rings is 2. The fourth-order valence-corrected chi connectivity index (χ4v) is 5.05. The van der Waals surface area contributed by atoms with Crippen molar-refractivity contribution < 1.29 is 4.39 Å². The highest BCUT2D eigenvalue weighted by molar-refractivity contribution is 5.28. The smallest absolute Gasteiger partial charge is 0.123 e. The van der Waals surface area contributed by atoms with Crippen LogP contribution in [0.25, 0.3) is 0 Å². The lowest BCUT2D eigenvalue weighted by Gasteiger charge is -2.31. The molecule has 2 aromatic carbocycles. The van der Waals surface area contributed by atoms with E-state index >= 15 is 0 Å². The zero-order chi connectivity index (χ0) is 19.4. The minimum Gasteiger partial charge on any atom is -0.306 e. The van der Waals surface area contributed by atoms with E-state index in [4.69, 9.17) is 0 Å². The molecular weight excluding hydrogens is 359 g/mol. The molecule has 0 atom stereocenters. The normalized spacial score (nSPS) is 19.8. The van der Waals surface area contributed by atoms with Crippen LogP contribution in [0.4, 0.5) is 4.39 Å². The van der Waals surface area contributed by atoms with Crippen LogP contribution in [0, 0.1) is 11.7 Å². The Bertz CT molecular complexity index is 757. The van der Waals surface area contributed by atoms with Gasteiger partial charge in [-0.3, -0.25) is 0 Å². The second-order valence-corrected chi connectivity index (χ2v) is 8.92. The highest BCUT2D eigenvalue weighted by Crippen LogP contribution is 2.39. The Hall–Kier alpha value is -1.71. The first kappa shape index (κ1) is 22.0. The number of rotatable bonds is 6. The van der Waals surface area contributed by atoms with E-state index in [0.717, 1.165) is 25.3 Å². The van der Waals surface area contributed by atoms with E-state index in [-0.39, 0.29) is 18.8 Å². The van der Waals surface area contributed by atoms with Gasteiger partial charge >= 0.3 is 0 Å². The molecule has 158 valence electrons. The molecule has 1 saturated carbocycles. The molecule has 0 amide bonds. The second kappa shape index (κ2) is 9.86. The summed E-state index contributed by atoms with van der Waals surface area (Å²) in [6.45, 7) is 3.33. The number of likely N-dealkylation sites (tertiary alicyclic amines) is 1. The van der Waals surface area contributed by atoms with E-state index in [1.54, 1.807) is 12.1 Å². The summed E-state index contributed by atoms with van der Waals surface area (Å²) in [4.78, 5) is 2.44. The lowest BCUT2D eigenvalue weighted by Crippen LogP contribution is -2.39. The Morgan fingerprint density at radius 3 is 2.34 bits per heavy atom. The van der Waals surface area contributed by atoms with E-state index in [1.807, 2.05) is 12.1 Å². The van der Waals surface area contributed by atoms with Gasteiger partial charge in [-0.1, -0.05) is 56.7 Å². The maximum absolute atomic E-state index is 13.4. The molecule has 2 fully saturated rings. The summed E-state index contributed by atoms with van der Waals surface area (Å²) < 4.78 is 13.4. The van der Waals surface area contributed by atoms with Gasteiger partial charge < -0.3 is 10.2 Å². The van der Waals surface area contributed by atoms with Crippen LogP contribution in [0.2, 0.25) is 0 Å². The number of nitrogens with zero attached hydrogens (tertiary/aromatic N) is 1. The number of piperidine rings is 1. The maximum Gasteiger partial charge on any atom is 0.123 e. The highest BCUT2D eigenvalue weighted by Gasteiger charge is 2.34. The van der Waals surface area contributed by atoms with Crippen molar-refractivity contribution in [3.63, 3.8) is 0 Å². The van der Waals surface area contributed by atoms with E-state index in [2.05, 4.69) is 41.5 Å². The summed E-state index contributed by atoms with van der Waals surface area (Å²) >= 11 is 0. The van der Waals surface area contributed by atoms with Crippen molar-refractivity contribution in [2.45, 2.75) is 64.5 Å². The molecule has 0 spiro atoms. The molecule has 1 aliphatic carbocycles. The van der Waals surface area contributed by atoms with Gasteiger partial charge in [0.2, 0.25) is 0 Å². The highest BCUT2D eigenvalue weighted by atomic mass is 19.1. The summed E-state index contributed by atoms with van der Waals surface area (Å²) in [6.07, 6.45) is 8.56. The number of halogens is 1. The van der Waals surface area contributed by atoms with Crippen LogP contribution in [0.5, 0.6) is 0 Å². The first-order valence-corrected chi connectivity index (χ1v) is 10.9. The Kier molecular flexibility index (Phi) is 7.48. The van der Waals surface area contributed by atoms with Crippen molar-refractivity contribution >= 4 is 0 Å². The Morgan fingerprint density at radius 2 is 1.66 bits per heavy atom. The van der Waals surface area contributed by atoms with Crippen LogP contribution in [0.1, 0.15) is 62.6 Å². The lowest BCUT2D eigenvalue weighted by atomic mass is 9.87. The monoisotopic (exact) mass is 396 g/mol. The summed E-state index contributed by atoms with van der Waals surface area (Å²) in [5, 5.41) is 3.85. The SMILES string of the molecule is C.CN1CCC(Cc2cccc(CNC3(c4ccc(F)cc4)CCCC3)c2)CC1. The molecule has 4 rings (SSSR count). The van der Waals surface area contributed by atoms with Crippen molar-refractivity contribution in [1.29, 1.82) is 0 Å². The number of hydrogen-bond acceptors (Lipinski definition) is 2. The van der Waals surface area contributed by atoms with Crippen molar-refractivity contribution in [2.24, 2.45) is 5.92 Å². The second-order valence-electron chi connectivity index (χ2n) is 8.92. The molecule has 1 saturated heterocycles. The van der Waals surface area contributed by atoms with Gasteiger partial charge in [-0.25, -0.2) is 4.39 Å². The zero-order valence-corrected chi connectivity index (χ0v) is 17.1. The number of hydrogen-bond donors (Lipinski definition) is 1. The Balaban J connectivity index is 0.00000240. The lowest BCUT2D eigenvalue weighted by molar-refractivity contribution is 0.219. The minimum absolute atomic E-state index is 0. The van der Waals surface area contributed by atoms with Crippen LogP contribution in [0.15, 0.2) is 48.5 Å². The van der Waals surface area contributed by atoms with Gasteiger partial charge in [0.25, 0.3) is 0 Å². The first-order chi connectivity index (χ1) is 13.6. The van der Waals surface area contributed by atoms with Gasteiger partial charge in [-0.05, 0) is 87.0 Å². The molecule has 29 heavy (non-hydrogen) atoms. The molecule has 2 aromatic rings. The van der Waals surface area contributed by atoms with E-state index in [9.17, 15) is 4.39 Å². The molecule has 1 aliphatic heterocycles. The van der Waals surface area contributed by atoms with Crippen molar-refractivity contribution in [2.75, 3.05) is 20.1 Å². The van der Waals surface area contributed by atoms with Crippen LogP contribution in [-0.2, 0) is 18.5 Å². The topological polar surface area (TPSA) is 15.3 Å². The quantitative estimate of drug-likeness (QED) is 0.653. The summed E-state index contributed by atoms with van der Waals surface area (Å²) in [5.74, 6) is 0.665.